The Bertz CT molecular complexity index is 656. The molecule has 0 aromatic carbocycles. The van der Waals surface area contributed by atoms with E-state index in [2.05, 4.69) is 9.97 Å². The van der Waals surface area contributed by atoms with Crippen molar-refractivity contribution in [3.05, 3.63) is 62.2 Å². The lowest BCUT2D eigenvalue weighted by Gasteiger charge is -2.15. The van der Waals surface area contributed by atoms with Gasteiger partial charge in [-0.15, -0.1) is 0 Å². The number of aryl methyl sites for hydroxylation is 2. The van der Waals surface area contributed by atoms with Crippen LogP contribution < -0.4 is 0 Å². The maximum absolute atomic E-state index is 11.1. The minimum absolute atomic E-state index is 0.0430. The molecule has 0 fully saturated rings. The average molecular weight is 294 g/mol. The summed E-state index contributed by atoms with van der Waals surface area (Å²) in [7, 11) is 0. The first kappa shape index (κ1) is 14.4. The Morgan fingerprint density at radius 3 is 2.70 bits per heavy atom. The topological polar surface area (TPSA) is 89.2 Å². The zero-order valence-corrected chi connectivity index (χ0v) is 11.6. The van der Waals surface area contributed by atoms with Gasteiger partial charge in [0, 0.05) is 29.7 Å². The van der Waals surface area contributed by atoms with Crippen LogP contribution in [-0.2, 0) is 0 Å². The Morgan fingerprint density at radius 2 is 2.10 bits per heavy atom. The van der Waals surface area contributed by atoms with Gasteiger partial charge in [0.05, 0.1) is 9.95 Å². The van der Waals surface area contributed by atoms with Crippen LogP contribution in [0.15, 0.2) is 24.5 Å². The number of nitro groups is 1. The van der Waals surface area contributed by atoms with Gasteiger partial charge in [-0.05, 0) is 25.5 Å². The van der Waals surface area contributed by atoms with E-state index in [-0.39, 0.29) is 16.4 Å². The molecule has 0 spiro atoms. The Morgan fingerprint density at radius 1 is 1.40 bits per heavy atom. The van der Waals surface area contributed by atoms with Gasteiger partial charge in [0.15, 0.2) is 5.69 Å². The van der Waals surface area contributed by atoms with Crippen molar-refractivity contribution >= 4 is 17.3 Å². The molecular weight excluding hydrogens is 282 g/mol. The highest BCUT2D eigenvalue weighted by Crippen LogP contribution is 2.32. The molecule has 0 saturated heterocycles. The summed E-state index contributed by atoms with van der Waals surface area (Å²) in [4.78, 5) is 18.4. The molecule has 1 unspecified atom stereocenters. The van der Waals surface area contributed by atoms with Gasteiger partial charge in [0.2, 0.25) is 0 Å². The number of aliphatic hydroxyl groups excluding tert-OH is 1. The van der Waals surface area contributed by atoms with Crippen LogP contribution in [-0.4, -0.2) is 20.0 Å². The average Bonchev–Trinajstić information content (AvgIpc) is 2.38. The van der Waals surface area contributed by atoms with Crippen LogP contribution in [0.2, 0.25) is 5.02 Å². The highest BCUT2D eigenvalue weighted by Gasteiger charge is 2.26. The highest BCUT2D eigenvalue weighted by molar-refractivity contribution is 6.30. The third kappa shape index (κ3) is 2.61. The standard InChI is InChI=1S/C13H12ClN3O3/c1-7-3-4-15-8(2)11(7)13(18)12-10(17(19)20)5-9(14)6-16-12/h3-6,13,18H,1-2H3. The van der Waals surface area contributed by atoms with Gasteiger partial charge >= 0.3 is 0 Å². The van der Waals surface area contributed by atoms with Gasteiger partial charge in [-0.1, -0.05) is 11.6 Å². The lowest BCUT2D eigenvalue weighted by atomic mass is 9.99. The fourth-order valence-electron chi connectivity index (χ4n) is 2.05. The zero-order valence-electron chi connectivity index (χ0n) is 10.9. The van der Waals surface area contributed by atoms with Gasteiger partial charge in [0.1, 0.15) is 6.10 Å². The van der Waals surface area contributed by atoms with Gasteiger partial charge in [0.25, 0.3) is 5.69 Å². The SMILES string of the molecule is Cc1ccnc(C)c1C(O)c1ncc(Cl)cc1[N+](=O)[O-]. The predicted molar refractivity (Wildman–Crippen MR) is 73.7 cm³/mol. The van der Waals surface area contributed by atoms with Crippen molar-refractivity contribution in [3.63, 3.8) is 0 Å². The van der Waals surface area contributed by atoms with E-state index < -0.39 is 11.0 Å². The van der Waals surface area contributed by atoms with Crippen LogP contribution in [0.25, 0.3) is 0 Å². The number of halogens is 1. The lowest BCUT2D eigenvalue weighted by molar-refractivity contribution is -0.386. The molecule has 6 nitrogen and oxygen atoms in total. The molecule has 2 heterocycles. The summed E-state index contributed by atoms with van der Waals surface area (Å²) in [5.41, 5.74) is 1.55. The van der Waals surface area contributed by atoms with E-state index in [1.54, 1.807) is 26.1 Å². The first-order valence-electron chi connectivity index (χ1n) is 5.81. The smallest absolute Gasteiger partial charge is 0.295 e. The molecular formula is C13H12ClN3O3. The van der Waals surface area contributed by atoms with Gasteiger partial charge < -0.3 is 5.11 Å². The molecule has 7 heteroatoms. The molecule has 20 heavy (non-hydrogen) atoms. The zero-order chi connectivity index (χ0) is 14.9. The van der Waals surface area contributed by atoms with Crippen molar-refractivity contribution in [1.82, 2.24) is 9.97 Å². The van der Waals surface area contributed by atoms with E-state index in [1.807, 2.05) is 0 Å². The molecule has 0 radical (unpaired) electrons. The molecule has 2 rings (SSSR count). The van der Waals surface area contributed by atoms with Gasteiger partial charge in [-0.25, -0.2) is 4.98 Å². The van der Waals surface area contributed by atoms with Crippen molar-refractivity contribution in [1.29, 1.82) is 0 Å². The van der Waals surface area contributed by atoms with Crippen molar-refractivity contribution < 1.29 is 10.0 Å². The summed E-state index contributed by atoms with van der Waals surface area (Å²) >= 11 is 5.71. The predicted octanol–water partition coefficient (Wildman–Crippen LogP) is 2.74. The summed E-state index contributed by atoms with van der Waals surface area (Å²) < 4.78 is 0. The van der Waals surface area contributed by atoms with Crippen LogP contribution in [0.4, 0.5) is 5.69 Å². The molecule has 2 aromatic heterocycles. The first-order valence-corrected chi connectivity index (χ1v) is 6.19. The van der Waals surface area contributed by atoms with E-state index in [9.17, 15) is 15.2 Å². The van der Waals surface area contributed by atoms with Crippen LogP contribution >= 0.6 is 11.6 Å². The van der Waals surface area contributed by atoms with E-state index >= 15 is 0 Å². The van der Waals surface area contributed by atoms with Gasteiger partial charge in [-0.3, -0.25) is 15.1 Å². The van der Waals surface area contributed by atoms with Crippen LogP contribution in [0, 0.1) is 24.0 Å². The fraction of sp³-hybridized carbons (Fsp3) is 0.231. The summed E-state index contributed by atoms with van der Waals surface area (Å²) in [6.07, 6.45) is 1.67. The second kappa shape index (κ2) is 5.52. The van der Waals surface area contributed by atoms with E-state index in [0.29, 0.717) is 11.3 Å². The number of hydrogen-bond acceptors (Lipinski definition) is 5. The monoisotopic (exact) mass is 293 g/mol. The molecule has 0 saturated carbocycles. The van der Waals surface area contributed by atoms with Crippen molar-refractivity contribution in [2.24, 2.45) is 0 Å². The number of aromatic nitrogens is 2. The Hall–Kier alpha value is -2.05. The molecule has 0 bridgehead atoms. The molecule has 1 N–H and O–H groups in total. The van der Waals surface area contributed by atoms with E-state index in [1.165, 1.54) is 12.3 Å². The summed E-state index contributed by atoms with van der Waals surface area (Å²) in [6, 6.07) is 2.90. The van der Waals surface area contributed by atoms with Crippen molar-refractivity contribution in [2.45, 2.75) is 20.0 Å². The number of aliphatic hydroxyl groups is 1. The van der Waals surface area contributed by atoms with Crippen molar-refractivity contribution in [2.75, 3.05) is 0 Å². The van der Waals surface area contributed by atoms with Crippen LogP contribution in [0.5, 0.6) is 0 Å². The second-order valence-electron chi connectivity index (χ2n) is 4.34. The number of nitrogens with zero attached hydrogens (tertiary/aromatic N) is 3. The molecule has 2 aromatic rings. The Kier molecular flexibility index (Phi) is 3.96. The molecule has 0 aliphatic heterocycles. The van der Waals surface area contributed by atoms with Crippen molar-refractivity contribution in [3.8, 4) is 0 Å². The lowest BCUT2D eigenvalue weighted by Crippen LogP contribution is -2.10. The number of rotatable bonds is 3. The Labute approximate surface area is 120 Å². The second-order valence-corrected chi connectivity index (χ2v) is 4.78. The normalized spacial score (nSPS) is 12.2. The minimum atomic E-state index is -1.22. The third-order valence-electron chi connectivity index (χ3n) is 3.00. The van der Waals surface area contributed by atoms with E-state index in [0.717, 1.165) is 5.56 Å². The van der Waals surface area contributed by atoms with E-state index in [4.69, 9.17) is 11.6 Å². The van der Waals surface area contributed by atoms with Crippen LogP contribution in [0.3, 0.4) is 0 Å². The maximum atomic E-state index is 11.1. The molecule has 104 valence electrons. The third-order valence-corrected chi connectivity index (χ3v) is 3.21. The van der Waals surface area contributed by atoms with Gasteiger partial charge in [-0.2, -0.15) is 0 Å². The highest BCUT2D eigenvalue weighted by atomic mass is 35.5. The number of hydrogen-bond donors (Lipinski definition) is 1. The maximum Gasteiger partial charge on any atom is 0.295 e. The summed E-state index contributed by atoms with van der Waals surface area (Å²) in [6.45, 7) is 3.53. The molecule has 1 atom stereocenters. The quantitative estimate of drug-likeness (QED) is 0.694. The molecule has 0 aliphatic rings. The fourth-order valence-corrected chi connectivity index (χ4v) is 2.20. The first-order chi connectivity index (χ1) is 9.41. The molecule has 0 amide bonds. The number of pyridine rings is 2. The minimum Gasteiger partial charge on any atom is -0.382 e. The largest absolute Gasteiger partial charge is 0.382 e. The van der Waals surface area contributed by atoms with Crippen LogP contribution in [0.1, 0.15) is 28.6 Å². The summed E-state index contributed by atoms with van der Waals surface area (Å²) in [5.74, 6) is 0. The Balaban J connectivity index is 2.59. The summed E-state index contributed by atoms with van der Waals surface area (Å²) in [5, 5.41) is 21.6. The molecule has 0 aliphatic carbocycles.